The molecule has 0 fully saturated rings. The summed E-state index contributed by atoms with van der Waals surface area (Å²) in [7, 11) is 0. The van der Waals surface area contributed by atoms with Crippen LogP contribution in [0.15, 0.2) is 479 Å². The summed E-state index contributed by atoms with van der Waals surface area (Å²) >= 11 is 0. The predicted molar refractivity (Wildman–Crippen MR) is 577 cm³/mol. The highest BCUT2D eigenvalue weighted by Gasteiger charge is 2.28. The summed E-state index contributed by atoms with van der Waals surface area (Å²) in [6.45, 7) is 0. The van der Waals surface area contributed by atoms with E-state index in [9.17, 15) is 5.26 Å². The molecule has 0 bridgehead atoms. The van der Waals surface area contributed by atoms with E-state index in [1.165, 1.54) is 32.3 Å². The zero-order valence-electron chi connectivity index (χ0n) is 75.5. The molecule has 8 aromatic heterocycles. The van der Waals surface area contributed by atoms with Crippen molar-refractivity contribution >= 4 is 131 Å². The number of nitrogens with zero attached hydrogens (tertiary/aromatic N) is 11. The summed E-state index contributed by atoms with van der Waals surface area (Å²) in [5, 5.41) is 24.0. The van der Waals surface area contributed by atoms with Crippen LogP contribution in [0.3, 0.4) is 0 Å². The van der Waals surface area contributed by atoms with Crippen molar-refractivity contribution in [2.24, 2.45) is 0 Å². The largest absolute Gasteiger partial charge is 0.309 e. The van der Waals surface area contributed by atoms with Gasteiger partial charge in [-0.1, -0.05) is 291 Å². The van der Waals surface area contributed by atoms with Crippen LogP contribution in [-0.4, -0.2) is 47.3 Å². The van der Waals surface area contributed by atoms with Gasteiger partial charge in [0.15, 0.2) is 11.6 Å². The minimum Gasteiger partial charge on any atom is -0.309 e. The highest BCUT2D eigenvalue weighted by Crippen LogP contribution is 2.48. The Bertz CT molecular complexity index is 9840. The molecule has 0 radical (unpaired) electrons. The monoisotopic (exact) mass is 1780 g/mol. The average molecular weight is 1780 g/mol. The van der Waals surface area contributed by atoms with Crippen LogP contribution in [-0.2, 0) is 0 Å². The molecule has 28 rings (SSSR count). The van der Waals surface area contributed by atoms with E-state index in [1.807, 2.05) is 12.1 Å². The lowest BCUT2D eigenvalue weighted by atomic mass is 9.95. The van der Waals surface area contributed by atoms with Crippen molar-refractivity contribution in [3.63, 3.8) is 0 Å². The number of rotatable bonds is 15. The average Bonchev–Trinajstić information content (AvgIpc) is 1.54. The van der Waals surface area contributed by atoms with Gasteiger partial charge in [-0.25, -0.2) is 19.9 Å². The molecule has 0 aliphatic heterocycles. The minimum atomic E-state index is 0.582. The van der Waals surface area contributed by atoms with Crippen molar-refractivity contribution in [3.05, 3.63) is 485 Å². The molecule has 8 heterocycles. The molecule has 650 valence electrons. The van der Waals surface area contributed by atoms with Crippen molar-refractivity contribution in [3.8, 4) is 141 Å². The number of para-hydroxylation sites is 8. The fourth-order valence-electron chi connectivity index (χ4n) is 22.2. The molecule has 0 saturated carbocycles. The molecule has 0 unspecified atom stereocenters. The molecule has 0 spiro atoms. The van der Waals surface area contributed by atoms with Crippen molar-refractivity contribution in [2.45, 2.75) is 0 Å². The maximum atomic E-state index is 10.3. The van der Waals surface area contributed by atoms with Crippen LogP contribution in [0.1, 0.15) is 5.56 Å². The maximum absolute atomic E-state index is 10.3. The molecule has 0 N–H and O–H groups in total. The van der Waals surface area contributed by atoms with E-state index in [1.54, 1.807) is 0 Å². The summed E-state index contributed by atoms with van der Waals surface area (Å²) in [4.78, 5) is 22.3. The third-order valence-corrected chi connectivity index (χ3v) is 28.5. The Morgan fingerprint density at radius 2 is 0.429 bits per heavy atom. The number of hydrogen-bond acceptors (Lipinski definition) is 5. The van der Waals surface area contributed by atoms with Gasteiger partial charge in [0.25, 0.3) is 0 Å². The zero-order chi connectivity index (χ0) is 92.2. The Balaban J connectivity index is 0.620. The fraction of sp³-hybridized carbons (Fsp3) is 0. The summed E-state index contributed by atoms with van der Waals surface area (Å²) < 4.78 is 14.5. The highest BCUT2D eigenvalue weighted by molar-refractivity contribution is 6.17. The van der Waals surface area contributed by atoms with E-state index >= 15 is 0 Å². The first-order valence-electron chi connectivity index (χ1n) is 47.4. The van der Waals surface area contributed by atoms with Crippen molar-refractivity contribution in [1.29, 1.82) is 5.26 Å². The molecule has 0 aliphatic carbocycles. The van der Waals surface area contributed by atoms with Gasteiger partial charge in [-0.05, 0) is 210 Å². The van der Waals surface area contributed by atoms with Crippen LogP contribution in [0, 0.1) is 11.3 Å². The first-order chi connectivity index (χ1) is 69.4. The predicted octanol–water partition coefficient (Wildman–Crippen LogP) is 32.7. The lowest BCUT2D eigenvalue weighted by molar-refractivity contribution is 1.15. The van der Waals surface area contributed by atoms with Gasteiger partial charge in [-0.2, -0.15) is 5.26 Å². The molecule has 0 atom stereocenters. The Labute approximate surface area is 804 Å². The first kappa shape index (κ1) is 79.4. The van der Waals surface area contributed by atoms with Crippen molar-refractivity contribution in [1.82, 2.24) is 47.3 Å². The van der Waals surface area contributed by atoms with Gasteiger partial charge in [0.1, 0.15) is 0 Å². The second-order valence-electron chi connectivity index (χ2n) is 36.3. The summed E-state index contributed by atoms with van der Waals surface area (Å²) in [5.74, 6) is 1.21. The Morgan fingerprint density at radius 3 is 0.821 bits per heavy atom. The second-order valence-corrected chi connectivity index (χ2v) is 36.3. The van der Waals surface area contributed by atoms with E-state index in [2.05, 4.69) is 501 Å². The smallest absolute Gasteiger partial charge is 0.160 e. The van der Waals surface area contributed by atoms with Gasteiger partial charge in [0.05, 0.1) is 112 Å². The summed E-state index contributed by atoms with van der Waals surface area (Å²) in [6.07, 6.45) is 0. The number of hydrogen-bond donors (Lipinski definition) is 0. The van der Waals surface area contributed by atoms with Crippen LogP contribution in [0.2, 0.25) is 0 Å². The summed E-state index contributed by atoms with van der Waals surface area (Å²) in [6, 6.07) is 175. The molecule has 11 nitrogen and oxygen atoms in total. The van der Waals surface area contributed by atoms with Crippen LogP contribution >= 0.6 is 0 Å². The third-order valence-electron chi connectivity index (χ3n) is 28.5. The lowest BCUT2D eigenvalue weighted by Gasteiger charge is -2.18. The van der Waals surface area contributed by atoms with Gasteiger partial charge < -0.3 is 27.4 Å². The molecule has 0 amide bonds. The zero-order valence-corrected chi connectivity index (χ0v) is 75.5. The molecule has 11 heteroatoms. The maximum Gasteiger partial charge on any atom is 0.160 e. The first-order valence-corrected chi connectivity index (χ1v) is 47.4. The Hall–Kier alpha value is -19.2. The molecular formula is C129H79N11. The Morgan fingerprint density at radius 1 is 0.157 bits per heavy atom. The van der Waals surface area contributed by atoms with E-state index < -0.39 is 0 Å². The van der Waals surface area contributed by atoms with Gasteiger partial charge in [-0.3, -0.25) is 0 Å². The number of nitriles is 1. The van der Waals surface area contributed by atoms with E-state index in [0.717, 1.165) is 222 Å². The molecule has 28 aromatic rings. The standard InChI is InChI=1S/C129H79N11/c130-80-81-58-64-125-106(70-81)102-48-19-27-57-121(102)139(125)122-66-61-89(75-104(122)85-36-28-38-90(71-85)135-114-50-20-12-42-96(114)97-43-13-21-51-115(97)135)129-133-112(84-34-8-3-9-35-84)79-113(134-129)95-41-11-10-40-94(95)87-59-65-124-107(73-87)103-49-18-26-56-120(103)138(124)93-63-69-127-109(77-93)108-76-92(137-118-54-24-16-46-100(118)101-47-17-25-55-119(101)137)62-68-126(108)140(127)123-67-60-88(128-131-110(82-30-4-1-5-31-82)78-111(132-128)83-32-6-2-7-33-83)74-105(123)86-37-29-39-91(72-86)136-116-52-22-14-44-98(116)99-45-15-23-53-117(99)136/h1-79H. The summed E-state index contributed by atoms with van der Waals surface area (Å²) in [5.41, 5.74) is 34.9. The minimum absolute atomic E-state index is 0.582. The van der Waals surface area contributed by atoms with Crippen LogP contribution in [0.4, 0.5) is 0 Å². The molecule has 140 heavy (non-hydrogen) atoms. The van der Waals surface area contributed by atoms with Crippen molar-refractivity contribution < 1.29 is 0 Å². The number of benzene rings is 20. The highest BCUT2D eigenvalue weighted by atomic mass is 15.0. The van der Waals surface area contributed by atoms with Gasteiger partial charge in [0, 0.05) is 132 Å². The van der Waals surface area contributed by atoms with Gasteiger partial charge in [-0.15, -0.1) is 0 Å². The second kappa shape index (κ2) is 32.0. The molecule has 0 saturated heterocycles. The Kier molecular flexibility index (Phi) is 18.2. The van der Waals surface area contributed by atoms with Crippen LogP contribution in [0.25, 0.3) is 266 Å². The fourth-order valence-corrected chi connectivity index (χ4v) is 22.2. The van der Waals surface area contributed by atoms with Crippen molar-refractivity contribution in [2.75, 3.05) is 0 Å². The van der Waals surface area contributed by atoms with E-state index in [0.29, 0.717) is 17.2 Å². The van der Waals surface area contributed by atoms with E-state index in [4.69, 9.17) is 19.9 Å². The van der Waals surface area contributed by atoms with Gasteiger partial charge in [0.2, 0.25) is 0 Å². The van der Waals surface area contributed by atoms with Crippen LogP contribution in [0.5, 0.6) is 0 Å². The quantitative estimate of drug-likeness (QED) is 0.102. The molecular weight excluding hydrogens is 1700 g/mol. The SMILES string of the molecule is N#Cc1ccc2c(c1)c1ccccc1n2-c1ccc(-c2nc(-c3ccccc3)cc(-c3ccccc3-c3ccc4c(c3)c3ccccc3n4-c3ccc4c(c3)c3cc(-n5c6ccccc6c6ccccc65)ccc3n4-c3ccc(-c4nc(-c5ccccc5)cc(-c5ccccc5)n4)cc3-c3cccc(-n4c5ccccc5c5ccccc54)c3)n2)cc1-c1cccc(-n2c3ccccc3c3ccccc32)c1. The number of aromatic nitrogens is 10. The normalized spacial score (nSPS) is 11.8. The van der Waals surface area contributed by atoms with Gasteiger partial charge >= 0.3 is 0 Å². The molecule has 20 aromatic carbocycles. The topological polar surface area (TPSA) is 105 Å². The molecule has 0 aliphatic rings. The third kappa shape index (κ3) is 12.7. The number of fused-ring (bicyclic) bond motifs is 18. The van der Waals surface area contributed by atoms with Crippen LogP contribution < -0.4 is 0 Å². The van der Waals surface area contributed by atoms with E-state index in [-0.39, 0.29) is 0 Å². The lowest BCUT2D eigenvalue weighted by Crippen LogP contribution is -2.01.